The van der Waals surface area contributed by atoms with Crippen molar-refractivity contribution in [3.05, 3.63) is 42.0 Å². The van der Waals surface area contributed by atoms with Crippen molar-refractivity contribution >= 4 is 5.57 Å². The molecular formula is C16H24. The summed E-state index contributed by atoms with van der Waals surface area (Å²) in [6, 6.07) is 8.69. The van der Waals surface area contributed by atoms with Crippen LogP contribution in [0.1, 0.15) is 51.2 Å². The lowest BCUT2D eigenvalue weighted by atomic mass is 9.89. The highest BCUT2D eigenvalue weighted by Gasteiger charge is 2.09. The first-order valence-electron chi connectivity index (χ1n) is 6.42. The van der Waals surface area contributed by atoms with Crippen molar-refractivity contribution in [2.45, 2.75) is 46.5 Å². The molecule has 0 fully saturated rings. The number of rotatable bonds is 6. The zero-order valence-corrected chi connectivity index (χ0v) is 10.9. The van der Waals surface area contributed by atoms with Crippen molar-refractivity contribution in [3.8, 4) is 0 Å². The Bertz CT molecular complexity index is 336. The fraction of sp³-hybridized carbons (Fsp3) is 0.500. The summed E-state index contributed by atoms with van der Waals surface area (Å²) < 4.78 is 0. The van der Waals surface area contributed by atoms with Gasteiger partial charge in [0.05, 0.1) is 0 Å². The number of allylic oxidation sites excluding steroid dienone is 1. The Morgan fingerprint density at radius 1 is 1.25 bits per heavy atom. The predicted molar refractivity (Wildman–Crippen MR) is 73.5 cm³/mol. The van der Waals surface area contributed by atoms with Crippen LogP contribution in [-0.2, 0) is 6.42 Å². The highest BCUT2D eigenvalue weighted by Crippen LogP contribution is 2.23. The van der Waals surface area contributed by atoms with E-state index in [0.29, 0.717) is 0 Å². The van der Waals surface area contributed by atoms with Crippen molar-refractivity contribution in [2.75, 3.05) is 0 Å². The van der Waals surface area contributed by atoms with Gasteiger partial charge in [0.15, 0.2) is 0 Å². The molecular weight excluding hydrogens is 192 g/mol. The van der Waals surface area contributed by atoms with E-state index in [1.165, 1.54) is 42.4 Å². The maximum absolute atomic E-state index is 4.07. The van der Waals surface area contributed by atoms with E-state index in [2.05, 4.69) is 51.6 Å². The quantitative estimate of drug-likeness (QED) is 0.621. The zero-order chi connectivity index (χ0) is 12.0. The second kappa shape index (κ2) is 6.52. The first kappa shape index (κ1) is 13.0. The Hall–Kier alpha value is -1.04. The standard InChI is InChI=1S/C16H24/c1-5-9-14(6-2)12-15-10-7-8-11-16(15)13(3)4/h7-8,10-11,14H,3,5-6,9,12H2,1-2,4H3. The Kier molecular flexibility index (Phi) is 5.31. The summed E-state index contributed by atoms with van der Waals surface area (Å²) in [7, 11) is 0. The van der Waals surface area contributed by atoms with Gasteiger partial charge in [-0.05, 0) is 30.4 Å². The van der Waals surface area contributed by atoms with Crippen LogP contribution in [0.4, 0.5) is 0 Å². The molecule has 0 aliphatic carbocycles. The molecule has 0 nitrogen and oxygen atoms in total. The van der Waals surface area contributed by atoms with Gasteiger partial charge in [0.25, 0.3) is 0 Å². The monoisotopic (exact) mass is 216 g/mol. The number of benzene rings is 1. The van der Waals surface area contributed by atoms with Gasteiger partial charge in [-0.1, -0.05) is 69.5 Å². The van der Waals surface area contributed by atoms with E-state index in [0.717, 1.165) is 5.92 Å². The molecule has 0 spiro atoms. The Morgan fingerprint density at radius 3 is 2.50 bits per heavy atom. The Morgan fingerprint density at radius 2 is 1.94 bits per heavy atom. The summed E-state index contributed by atoms with van der Waals surface area (Å²) in [5.41, 5.74) is 3.99. The molecule has 0 N–H and O–H groups in total. The van der Waals surface area contributed by atoms with E-state index >= 15 is 0 Å². The van der Waals surface area contributed by atoms with E-state index in [1.807, 2.05) is 0 Å². The second-order valence-electron chi connectivity index (χ2n) is 4.70. The van der Waals surface area contributed by atoms with Crippen molar-refractivity contribution in [3.63, 3.8) is 0 Å². The molecule has 1 atom stereocenters. The van der Waals surface area contributed by atoms with Crippen LogP contribution >= 0.6 is 0 Å². The molecule has 0 heteroatoms. The van der Waals surface area contributed by atoms with Gasteiger partial charge in [-0.2, -0.15) is 0 Å². The Balaban J connectivity index is 2.82. The maximum Gasteiger partial charge on any atom is -0.0201 e. The lowest BCUT2D eigenvalue weighted by Crippen LogP contribution is -2.04. The fourth-order valence-corrected chi connectivity index (χ4v) is 2.28. The largest absolute Gasteiger partial charge is 0.0955 e. The van der Waals surface area contributed by atoms with Crippen LogP contribution in [0.25, 0.3) is 5.57 Å². The highest BCUT2D eigenvalue weighted by atomic mass is 14.1. The van der Waals surface area contributed by atoms with Crippen LogP contribution < -0.4 is 0 Å². The van der Waals surface area contributed by atoms with Gasteiger partial charge in [-0.25, -0.2) is 0 Å². The molecule has 0 bridgehead atoms. The summed E-state index contributed by atoms with van der Waals surface area (Å²) >= 11 is 0. The first-order valence-corrected chi connectivity index (χ1v) is 6.42. The zero-order valence-electron chi connectivity index (χ0n) is 10.9. The van der Waals surface area contributed by atoms with Crippen molar-refractivity contribution < 1.29 is 0 Å². The molecule has 1 unspecified atom stereocenters. The van der Waals surface area contributed by atoms with Gasteiger partial charge < -0.3 is 0 Å². The van der Waals surface area contributed by atoms with Crippen molar-refractivity contribution in [2.24, 2.45) is 5.92 Å². The van der Waals surface area contributed by atoms with Gasteiger partial charge in [0.2, 0.25) is 0 Å². The van der Waals surface area contributed by atoms with Gasteiger partial charge in [0.1, 0.15) is 0 Å². The number of hydrogen-bond acceptors (Lipinski definition) is 0. The Labute approximate surface area is 100 Å². The normalized spacial score (nSPS) is 12.4. The van der Waals surface area contributed by atoms with Gasteiger partial charge in [0, 0.05) is 0 Å². The molecule has 1 aromatic carbocycles. The molecule has 0 heterocycles. The van der Waals surface area contributed by atoms with Gasteiger partial charge in [-0.3, -0.25) is 0 Å². The van der Waals surface area contributed by atoms with Crippen LogP contribution in [0.3, 0.4) is 0 Å². The summed E-state index contributed by atoms with van der Waals surface area (Å²) in [6.07, 6.45) is 5.10. The molecule has 16 heavy (non-hydrogen) atoms. The molecule has 1 rings (SSSR count). The molecule has 0 radical (unpaired) electrons. The third-order valence-electron chi connectivity index (χ3n) is 3.26. The van der Waals surface area contributed by atoms with E-state index in [-0.39, 0.29) is 0 Å². The summed E-state index contributed by atoms with van der Waals surface area (Å²) in [5, 5.41) is 0. The van der Waals surface area contributed by atoms with Crippen molar-refractivity contribution in [1.29, 1.82) is 0 Å². The van der Waals surface area contributed by atoms with Crippen LogP contribution in [-0.4, -0.2) is 0 Å². The average Bonchev–Trinajstić information content (AvgIpc) is 2.29. The van der Waals surface area contributed by atoms with Gasteiger partial charge >= 0.3 is 0 Å². The smallest absolute Gasteiger partial charge is 0.0201 e. The van der Waals surface area contributed by atoms with Crippen molar-refractivity contribution in [1.82, 2.24) is 0 Å². The minimum absolute atomic E-state index is 0.825. The first-order chi connectivity index (χ1) is 7.69. The van der Waals surface area contributed by atoms with E-state index in [4.69, 9.17) is 0 Å². The lowest BCUT2D eigenvalue weighted by molar-refractivity contribution is 0.462. The van der Waals surface area contributed by atoms with Crippen LogP contribution in [0, 0.1) is 5.92 Å². The van der Waals surface area contributed by atoms with E-state index < -0.39 is 0 Å². The molecule has 0 saturated carbocycles. The predicted octanol–water partition coefficient (Wildman–Crippen LogP) is 5.09. The van der Waals surface area contributed by atoms with Crippen LogP contribution in [0.2, 0.25) is 0 Å². The minimum atomic E-state index is 0.825. The van der Waals surface area contributed by atoms with E-state index in [9.17, 15) is 0 Å². The lowest BCUT2D eigenvalue weighted by Gasteiger charge is -2.16. The maximum atomic E-state index is 4.07. The molecule has 1 aromatic rings. The molecule has 0 amide bonds. The topological polar surface area (TPSA) is 0 Å². The SMILES string of the molecule is C=C(C)c1ccccc1CC(CC)CCC. The minimum Gasteiger partial charge on any atom is -0.0955 e. The van der Waals surface area contributed by atoms with Gasteiger partial charge in [-0.15, -0.1) is 0 Å². The summed E-state index contributed by atoms with van der Waals surface area (Å²) in [5.74, 6) is 0.825. The fourth-order valence-electron chi connectivity index (χ4n) is 2.28. The molecule has 0 saturated heterocycles. The highest BCUT2D eigenvalue weighted by molar-refractivity contribution is 5.64. The summed E-state index contributed by atoms with van der Waals surface area (Å²) in [4.78, 5) is 0. The third kappa shape index (κ3) is 3.52. The third-order valence-corrected chi connectivity index (χ3v) is 3.26. The van der Waals surface area contributed by atoms with Crippen LogP contribution in [0.15, 0.2) is 30.8 Å². The molecule has 0 aromatic heterocycles. The molecule has 0 aliphatic rings. The summed E-state index contributed by atoms with van der Waals surface area (Å²) in [6.45, 7) is 10.7. The van der Waals surface area contributed by atoms with E-state index in [1.54, 1.807) is 0 Å². The molecule has 88 valence electrons. The van der Waals surface area contributed by atoms with Crippen LogP contribution in [0.5, 0.6) is 0 Å². The number of hydrogen-bond donors (Lipinski definition) is 0. The second-order valence-corrected chi connectivity index (χ2v) is 4.70. The molecule has 0 aliphatic heterocycles. The average molecular weight is 216 g/mol.